The topological polar surface area (TPSA) is 66.4 Å². The van der Waals surface area contributed by atoms with Crippen molar-refractivity contribution in [2.45, 2.75) is 18.5 Å². The molecular weight excluding hydrogens is 323 g/mol. The Kier molecular flexibility index (Phi) is 5.23. The highest BCUT2D eigenvalue weighted by atomic mass is 19.4. The van der Waals surface area contributed by atoms with Crippen molar-refractivity contribution < 1.29 is 27.9 Å². The minimum atomic E-state index is -4.45. The number of hydrogen-bond acceptors (Lipinski definition) is 2. The molecule has 0 aliphatic carbocycles. The lowest BCUT2D eigenvalue weighted by atomic mass is 9.95. The van der Waals surface area contributed by atoms with E-state index in [2.05, 4.69) is 5.32 Å². The average molecular weight is 337 g/mol. The minimum absolute atomic E-state index is 0.171. The van der Waals surface area contributed by atoms with Gasteiger partial charge in [0.05, 0.1) is 11.5 Å². The fourth-order valence-electron chi connectivity index (χ4n) is 2.17. The van der Waals surface area contributed by atoms with Crippen LogP contribution in [-0.4, -0.2) is 17.0 Å². The summed E-state index contributed by atoms with van der Waals surface area (Å²) >= 11 is 0. The molecule has 0 spiro atoms. The highest BCUT2D eigenvalue weighted by molar-refractivity contribution is 5.94. The molecule has 0 saturated carbocycles. The molecule has 0 aromatic heterocycles. The summed E-state index contributed by atoms with van der Waals surface area (Å²) in [6.07, 6.45) is -4.77. The number of benzene rings is 2. The van der Waals surface area contributed by atoms with Gasteiger partial charge in [0.2, 0.25) is 5.91 Å². The number of amides is 1. The molecule has 126 valence electrons. The van der Waals surface area contributed by atoms with Crippen molar-refractivity contribution in [2.24, 2.45) is 0 Å². The molecule has 0 saturated heterocycles. The Morgan fingerprint density at radius 2 is 1.58 bits per heavy atom. The summed E-state index contributed by atoms with van der Waals surface area (Å²) in [5.74, 6) is -2.77. The minimum Gasteiger partial charge on any atom is -0.481 e. The Morgan fingerprint density at radius 3 is 2.08 bits per heavy atom. The number of carboxylic acids is 1. The van der Waals surface area contributed by atoms with Crippen LogP contribution in [0.4, 0.5) is 18.9 Å². The van der Waals surface area contributed by atoms with Crippen molar-refractivity contribution >= 4 is 17.6 Å². The van der Waals surface area contributed by atoms with Gasteiger partial charge in [-0.25, -0.2) is 0 Å². The second-order valence-electron chi connectivity index (χ2n) is 5.13. The Bertz CT molecular complexity index is 712. The average Bonchev–Trinajstić information content (AvgIpc) is 2.53. The maximum atomic E-state index is 12.5. The van der Waals surface area contributed by atoms with E-state index in [1.54, 1.807) is 30.3 Å². The molecule has 0 radical (unpaired) electrons. The van der Waals surface area contributed by atoms with E-state index in [0.717, 1.165) is 24.3 Å². The van der Waals surface area contributed by atoms with E-state index >= 15 is 0 Å². The summed E-state index contributed by atoms with van der Waals surface area (Å²) in [4.78, 5) is 23.3. The van der Waals surface area contributed by atoms with Crippen LogP contribution in [0.15, 0.2) is 54.6 Å². The fraction of sp³-hybridized carbons (Fsp3) is 0.176. The van der Waals surface area contributed by atoms with Gasteiger partial charge in [0.15, 0.2) is 0 Å². The molecule has 0 unspecified atom stereocenters. The van der Waals surface area contributed by atoms with Crippen LogP contribution in [0.5, 0.6) is 0 Å². The molecule has 0 aliphatic heterocycles. The van der Waals surface area contributed by atoms with Crippen LogP contribution in [0.1, 0.15) is 23.5 Å². The molecule has 0 heterocycles. The van der Waals surface area contributed by atoms with Crippen molar-refractivity contribution in [3.63, 3.8) is 0 Å². The third-order valence-corrected chi connectivity index (χ3v) is 3.39. The first-order valence-corrected chi connectivity index (χ1v) is 7.02. The predicted octanol–water partition coefficient (Wildman–Crippen LogP) is 3.90. The van der Waals surface area contributed by atoms with E-state index in [9.17, 15) is 27.9 Å². The SMILES string of the molecule is O=C(C[C@@H](C(=O)O)c1ccccc1)Nc1ccc(C(F)(F)F)cc1. The van der Waals surface area contributed by atoms with Crippen LogP contribution < -0.4 is 5.32 Å². The van der Waals surface area contributed by atoms with E-state index in [-0.39, 0.29) is 12.1 Å². The Morgan fingerprint density at radius 1 is 1.00 bits per heavy atom. The number of alkyl halides is 3. The van der Waals surface area contributed by atoms with Crippen LogP contribution in [0, 0.1) is 0 Å². The van der Waals surface area contributed by atoms with E-state index in [0.29, 0.717) is 5.56 Å². The lowest BCUT2D eigenvalue weighted by molar-refractivity contribution is -0.140. The zero-order valence-corrected chi connectivity index (χ0v) is 12.4. The van der Waals surface area contributed by atoms with Gasteiger partial charge in [-0.05, 0) is 29.8 Å². The monoisotopic (exact) mass is 337 g/mol. The first kappa shape index (κ1) is 17.5. The lowest BCUT2D eigenvalue weighted by Gasteiger charge is -2.13. The summed E-state index contributed by atoms with van der Waals surface area (Å²) in [6.45, 7) is 0. The van der Waals surface area contributed by atoms with E-state index in [1.165, 1.54) is 0 Å². The third-order valence-electron chi connectivity index (χ3n) is 3.39. The normalized spacial score (nSPS) is 12.5. The number of anilines is 1. The van der Waals surface area contributed by atoms with E-state index < -0.39 is 29.5 Å². The van der Waals surface area contributed by atoms with Gasteiger partial charge in [-0.1, -0.05) is 30.3 Å². The summed E-state index contributed by atoms with van der Waals surface area (Å²) in [5, 5.41) is 11.7. The smallest absolute Gasteiger partial charge is 0.416 e. The second kappa shape index (κ2) is 7.16. The molecule has 0 aliphatic rings. The second-order valence-corrected chi connectivity index (χ2v) is 5.13. The van der Waals surface area contributed by atoms with Crippen molar-refractivity contribution in [3.8, 4) is 0 Å². The number of halogens is 3. The maximum absolute atomic E-state index is 12.5. The standard InChI is InChI=1S/C17H14F3NO3/c18-17(19,20)12-6-8-13(9-7-12)21-15(22)10-14(16(23)24)11-4-2-1-3-5-11/h1-9,14H,10H2,(H,21,22)(H,23,24)/t14-/m1/s1. The fourth-order valence-corrected chi connectivity index (χ4v) is 2.17. The zero-order valence-electron chi connectivity index (χ0n) is 12.4. The van der Waals surface area contributed by atoms with Gasteiger partial charge in [0.25, 0.3) is 0 Å². The molecule has 4 nitrogen and oxygen atoms in total. The Balaban J connectivity index is 2.05. The summed E-state index contributed by atoms with van der Waals surface area (Å²) in [5.41, 5.74) is -0.175. The molecule has 0 bridgehead atoms. The van der Waals surface area contributed by atoms with Gasteiger partial charge >= 0.3 is 12.1 Å². The molecule has 2 aromatic rings. The van der Waals surface area contributed by atoms with Crippen LogP contribution in [0.3, 0.4) is 0 Å². The number of aliphatic carboxylic acids is 1. The number of nitrogens with one attached hydrogen (secondary N) is 1. The van der Waals surface area contributed by atoms with Crippen molar-refractivity contribution in [1.82, 2.24) is 0 Å². The Hall–Kier alpha value is -2.83. The molecule has 24 heavy (non-hydrogen) atoms. The number of rotatable bonds is 5. The predicted molar refractivity (Wildman–Crippen MR) is 81.5 cm³/mol. The lowest BCUT2D eigenvalue weighted by Crippen LogP contribution is -2.21. The van der Waals surface area contributed by atoms with Crippen molar-refractivity contribution in [1.29, 1.82) is 0 Å². The maximum Gasteiger partial charge on any atom is 0.416 e. The molecule has 2 aromatic carbocycles. The van der Waals surface area contributed by atoms with Gasteiger partial charge < -0.3 is 10.4 Å². The first-order chi connectivity index (χ1) is 11.3. The van der Waals surface area contributed by atoms with Crippen molar-refractivity contribution in [3.05, 3.63) is 65.7 Å². The molecule has 2 rings (SSSR count). The number of carbonyl (C=O) groups excluding carboxylic acids is 1. The quantitative estimate of drug-likeness (QED) is 0.869. The van der Waals surface area contributed by atoms with Gasteiger partial charge in [0, 0.05) is 12.1 Å². The van der Waals surface area contributed by atoms with Gasteiger partial charge in [-0.15, -0.1) is 0 Å². The van der Waals surface area contributed by atoms with Crippen LogP contribution in [-0.2, 0) is 15.8 Å². The highest BCUT2D eigenvalue weighted by Crippen LogP contribution is 2.30. The van der Waals surface area contributed by atoms with Gasteiger partial charge in [-0.3, -0.25) is 9.59 Å². The molecule has 2 N–H and O–H groups in total. The van der Waals surface area contributed by atoms with E-state index in [4.69, 9.17) is 0 Å². The molecule has 1 amide bonds. The van der Waals surface area contributed by atoms with E-state index in [1.807, 2.05) is 0 Å². The summed E-state index contributed by atoms with van der Waals surface area (Å²) in [6, 6.07) is 12.2. The van der Waals surface area contributed by atoms with Crippen LogP contribution in [0.25, 0.3) is 0 Å². The van der Waals surface area contributed by atoms with Crippen LogP contribution >= 0.6 is 0 Å². The molecule has 7 heteroatoms. The number of carboxylic acid groups (broad SMARTS) is 1. The third kappa shape index (κ3) is 4.58. The molecule has 1 atom stereocenters. The number of carbonyl (C=O) groups is 2. The molecular formula is C17H14F3NO3. The largest absolute Gasteiger partial charge is 0.481 e. The van der Waals surface area contributed by atoms with Gasteiger partial charge in [0.1, 0.15) is 0 Å². The van der Waals surface area contributed by atoms with Gasteiger partial charge in [-0.2, -0.15) is 13.2 Å². The highest BCUT2D eigenvalue weighted by Gasteiger charge is 2.30. The first-order valence-electron chi connectivity index (χ1n) is 7.02. The summed E-state index contributed by atoms with van der Waals surface area (Å²) in [7, 11) is 0. The van der Waals surface area contributed by atoms with Crippen LogP contribution in [0.2, 0.25) is 0 Å². The zero-order chi connectivity index (χ0) is 17.7. The number of hydrogen-bond donors (Lipinski definition) is 2. The Labute approximate surface area is 135 Å². The summed E-state index contributed by atoms with van der Waals surface area (Å²) < 4.78 is 37.4. The van der Waals surface area contributed by atoms with Crippen molar-refractivity contribution in [2.75, 3.05) is 5.32 Å². The molecule has 0 fully saturated rings.